The number of benzene rings is 4. The van der Waals surface area contributed by atoms with E-state index in [4.69, 9.17) is 28.7 Å². The van der Waals surface area contributed by atoms with E-state index in [-0.39, 0.29) is 44.3 Å². The van der Waals surface area contributed by atoms with Crippen molar-refractivity contribution in [3.05, 3.63) is 147 Å². The minimum absolute atomic E-state index is 0.00462. The van der Waals surface area contributed by atoms with E-state index >= 15 is 0 Å². The zero-order valence-electron chi connectivity index (χ0n) is 33.4. The number of carbonyl (C=O) groups excluding carboxylic acids is 1. The van der Waals surface area contributed by atoms with E-state index < -0.39 is 23.4 Å². The number of likely N-dealkylation sites (N-methyl/N-ethyl adjacent to an activating group) is 1. The Hall–Kier alpha value is -4.75. The summed E-state index contributed by atoms with van der Waals surface area (Å²) < 4.78 is 32.6. The van der Waals surface area contributed by atoms with Crippen LogP contribution in [0.4, 0.5) is 0 Å². The molecule has 0 bridgehead atoms. The van der Waals surface area contributed by atoms with Gasteiger partial charge < -0.3 is 38.1 Å². The third-order valence-corrected chi connectivity index (χ3v) is 10.9. The summed E-state index contributed by atoms with van der Waals surface area (Å²) in [5.41, 5.74) is 4.52. The smallest absolute Gasteiger partial charge is 0.282 e. The number of piperazine rings is 1. The Labute approximate surface area is 329 Å². The first-order valence-electron chi connectivity index (χ1n) is 19.2. The van der Waals surface area contributed by atoms with Crippen molar-refractivity contribution in [1.82, 2.24) is 19.4 Å². The van der Waals surface area contributed by atoms with E-state index in [1.165, 1.54) is 0 Å². The Morgan fingerprint density at radius 1 is 0.750 bits per heavy atom. The van der Waals surface area contributed by atoms with E-state index in [0.717, 1.165) is 40.9 Å². The van der Waals surface area contributed by atoms with Crippen LogP contribution in [0, 0.1) is 19.8 Å². The number of methoxy groups -OCH3 is 2. The van der Waals surface area contributed by atoms with E-state index in [9.17, 15) is 9.59 Å². The molecule has 11 nitrogen and oxygen atoms in total. The van der Waals surface area contributed by atoms with Crippen LogP contribution in [0.25, 0.3) is 11.0 Å². The summed E-state index contributed by atoms with van der Waals surface area (Å²) in [5.74, 6) is -0.744. The van der Waals surface area contributed by atoms with E-state index in [0.29, 0.717) is 24.1 Å². The minimum atomic E-state index is -0.993. The average Bonchev–Trinajstić information content (AvgIpc) is 3.23. The molecule has 0 spiro atoms. The molecule has 56 heavy (non-hydrogen) atoms. The number of nitrogens with zero attached hydrogens (tertiary/aromatic N) is 4. The zero-order chi connectivity index (χ0) is 39.7. The zero-order valence-corrected chi connectivity index (χ0v) is 33.4. The van der Waals surface area contributed by atoms with Gasteiger partial charge in [0.1, 0.15) is 19.2 Å². The molecule has 0 unspecified atom stereocenters. The van der Waals surface area contributed by atoms with Crippen molar-refractivity contribution in [3.63, 3.8) is 0 Å². The number of fused-ring (bicyclic) bond motifs is 1. The van der Waals surface area contributed by atoms with Crippen molar-refractivity contribution < 1.29 is 28.5 Å². The topological polar surface area (TPSA) is 105 Å². The summed E-state index contributed by atoms with van der Waals surface area (Å²) in [5, 5.41) is 0. The molecule has 6 rings (SSSR count). The van der Waals surface area contributed by atoms with Gasteiger partial charge in [0, 0.05) is 46.3 Å². The summed E-state index contributed by atoms with van der Waals surface area (Å²) >= 11 is 0. The summed E-state index contributed by atoms with van der Waals surface area (Å²) in [6, 6.07) is 34.4. The van der Waals surface area contributed by atoms with Crippen LogP contribution in [0.5, 0.6) is 0 Å². The maximum Gasteiger partial charge on any atom is 0.282 e. The molecule has 0 radical (unpaired) electrons. The van der Waals surface area contributed by atoms with Gasteiger partial charge in [-0.05, 0) is 60.8 Å². The van der Waals surface area contributed by atoms with Gasteiger partial charge in [-0.15, -0.1) is 0 Å². The van der Waals surface area contributed by atoms with Crippen molar-refractivity contribution in [1.29, 1.82) is 0 Å². The fourth-order valence-corrected chi connectivity index (χ4v) is 7.41. The highest BCUT2D eigenvalue weighted by Crippen LogP contribution is 2.41. The Bertz CT molecular complexity index is 1990. The highest BCUT2D eigenvalue weighted by molar-refractivity contribution is 5.94. The molecule has 296 valence electrons. The Balaban J connectivity index is 1.40. The molecule has 5 aromatic rings. The van der Waals surface area contributed by atoms with Crippen molar-refractivity contribution in [3.8, 4) is 0 Å². The van der Waals surface area contributed by atoms with Crippen LogP contribution < -0.4 is 5.56 Å². The molecule has 1 fully saturated rings. The molecule has 1 aliphatic heterocycles. The highest BCUT2D eigenvalue weighted by atomic mass is 16.7. The van der Waals surface area contributed by atoms with Crippen molar-refractivity contribution in [2.24, 2.45) is 5.92 Å². The number of hydrogen-bond donors (Lipinski definition) is 0. The molecule has 0 N–H and O–H groups in total. The number of aryl methyl sites for hydroxylation is 2. The Kier molecular flexibility index (Phi) is 13.8. The van der Waals surface area contributed by atoms with Gasteiger partial charge >= 0.3 is 0 Å². The standard InChI is InChI=1S/C45H54N4O7/c1-32-26-38-39(27-33(32)2)49(44(51)42(46-38)43(50)48-24-22-47(4)23-25-48)28-40(54-30-52-5)34(3)41(55-31-53-6)29-56-45(35-16-10-7-11-17-35,36-18-12-8-13-19-36)37-20-14-9-15-21-37/h7-21,26-27,34,40-41H,22-25,28-31H2,1-6H3/t34-,40-,41+/m0/s1. The number of rotatable bonds is 17. The molecular weight excluding hydrogens is 709 g/mol. The predicted molar refractivity (Wildman–Crippen MR) is 217 cm³/mol. The molecule has 0 saturated carbocycles. The largest absolute Gasteiger partial charge is 0.359 e. The van der Waals surface area contributed by atoms with Gasteiger partial charge in [-0.3, -0.25) is 9.59 Å². The second-order valence-electron chi connectivity index (χ2n) is 14.6. The lowest BCUT2D eigenvalue weighted by Gasteiger charge is -2.39. The van der Waals surface area contributed by atoms with Gasteiger partial charge in [0.2, 0.25) is 0 Å². The molecule has 1 saturated heterocycles. The molecule has 4 aromatic carbocycles. The van der Waals surface area contributed by atoms with Gasteiger partial charge in [0.25, 0.3) is 11.5 Å². The van der Waals surface area contributed by atoms with Crippen molar-refractivity contribution in [2.75, 3.05) is 67.6 Å². The maximum atomic E-state index is 14.5. The normalized spacial score (nSPS) is 15.5. The maximum absolute atomic E-state index is 14.5. The Morgan fingerprint density at radius 3 is 1.77 bits per heavy atom. The third-order valence-electron chi connectivity index (χ3n) is 10.9. The third kappa shape index (κ3) is 8.94. The first-order chi connectivity index (χ1) is 27.2. The van der Waals surface area contributed by atoms with E-state index in [1.807, 2.05) is 94.5 Å². The lowest BCUT2D eigenvalue weighted by Crippen LogP contribution is -2.49. The van der Waals surface area contributed by atoms with Crippen LogP contribution >= 0.6 is 0 Å². The van der Waals surface area contributed by atoms with Crippen LogP contribution in [0.2, 0.25) is 0 Å². The molecular formula is C45H54N4O7. The van der Waals surface area contributed by atoms with Crippen molar-refractivity contribution in [2.45, 2.75) is 45.1 Å². The van der Waals surface area contributed by atoms with Gasteiger partial charge in [0.15, 0.2) is 5.69 Å². The molecule has 0 aliphatic carbocycles. The minimum Gasteiger partial charge on any atom is -0.359 e. The van der Waals surface area contributed by atoms with Crippen LogP contribution in [-0.2, 0) is 35.8 Å². The van der Waals surface area contributed by atoms with Crippen LogP contribution in [0.15, 0.2) is 108 Å². The lowest BCUT2D eigenvalue weighted by atomic mass is 9.80. The fourth-order valence-electron chi connectivity index (χ4n) is 7.41. The first kappa shape index (κ1) is 40.9. The van der Waals surface area contributed by atoms with Gasteiger partial charge in [-0.1, -0.05) is 97.9 Å². The second-order valence-corrected chi connectivity index (χ2v) is 14.6. The van der Waals surface area contributed by atoms with Gasteiger partial charge in [0.05, 0.1) is 36.4 Å². The predicted octanol–water partition coefficient (Wildman–Crippen LogP) is 6.02. The van der Waals surface area contributed by atoms with Crippen LogP contribution in [0.1, 0.15) is 45.2 Å². The Morgan fingerprint density at radius 2 is 1.25 bits per heavy atom. The summed E-state index contributed by atoms with van der Waals surface area (Å²) in [6.07, 6.45) is -1.21. The summed E-state index contributed by atoms with van der Waals surface area (Å²) in [6.45, 7) is 8.71. The number of hydrogen-bond acceptors (Lipinski definition) is 9. The van der Waals surface area contributed by atoms with E-state index in [2.05, 4.69) is 41.3 Å². The van der Waals surface area contributed by atoms with Crippen LogP contribution in [-0.4, -0.2) is 105 Å². The van der Waals surface area contributed by atoms with Gasteiger partial charge in [-0.25, -0.2) is 4.98 Å². The van der Waals surface area contributed by atoms with Gasteiger partial charge in [-0.2, -0.15) is 0 Å². The fraction of sp³-hybridized carbons (Fsp3) is 0.400. The monoisotopic (exact) mass is 762 g/mol. The quantitative estimate of drug-likeness (QED) is 0.0831. The van der Waals surface area contributed by atoms with Crippen molar-refractivity contribution >= 4 is 16.9 Å². The summed E-state index contributed by atoms with van der Waals surface area (Å²) in [7, 11) is 5.16. The molecule has 1 aromatic heterocycles. The summed E-state index contributed by atoms with van der Waals surface area (Å²) in [4.78, 5) is 37.0. The second kappa shape index (κ2) is 18.9. The average molecular weight is 763 g/mol. The number of carbonyl (C=O) groups is 1. The van der Waals surface area contributed by atoms with E-state index in [1.54, 1.807) is 23.7 Å². The number of amides is 1. The molecule has 3 atom stereocenters. The molecule has 2 heterocycles. The highest BCUT2D eigenvalue weighted by Gasteiger charge is 2.40. The number of ether oxygens (including phenoxy) is 5. The SMILES string of the molecule is COCO[C@@H](Cn1c(=O)c(C(=O)N2CCN(C)CC2)nc2cc(C)c(C)cc21)[C@H](C)[C@@H](COC(c1ccccc1)(c1ccccc1)c1ccccc1)OCOC. The molecule has 1 amide bonds. The van der Waals surface area contributed by atoms with Crippen LogP contribution in [0.3, 0.4) is 0 Å². The molecule has 1 aliphatic rings. The molecule has 11 heteroatoms. The lowest BCUT2D eigenvalue weighted by molar-refractivity contribution is -0.166. The first-order valence-corrected chi connectivity index (χ1v) is 19.2. The number of aromatic nitrogens is 2.